The fourth-order valence-corrected chi connectivity index (χ4v) is 2.40. The minimum atomic E-state index is -4.56. The average molecular weight is 389 g/mol. The first kappa shape index (κ1) is 19.2. The van der Waals surface area contributed by atoms with Gasteiger partial charge in [-0.25, -0.2) is 15.8 Å². The van der Waals surface area contributed by atoms with Gasteiger partial charge in [0.05, 0.1) is 18.5 Å². The van der Waals surface area contributed by atoms with E-state index in [0.717, 1.165) is 12.3 Å². The second kappa shape index (κ2) is 7.61. The van der Waals surface area contributed by atoms with Gasteiger partial charge in [0.2, 0.25) is 5.82 Å². The molecule has 0 spiro atoms. The predicted octanol–water partition coefficient (Wildman–Crippen LogP) is 2.84. The number of pyridine rings is 1. The first-order valence-corrected chi connectivity index (χ1v) is 7.90. The number of hydrogen-bond donors (Lipinski definition) is 2. The quantitative estimate of drug-likeness (QED) is 0.404. The molecule has 2 heterocycles. The molecule has 1 aromatic carbocycles. The van der Waals surface area contributed by atoms with Crippen LogP contribution in [-0.4, -0.2) is 28.0 Å². The summed E-state index contributed by atoms with van der Waals surface area (Å²) >= 11 is 0. The number of carbonyl (C=O) groups is 1. The maximum absolute atomic E-state index is 12.7. The van der Waals surface area contributed by atoms with Crippen LogP contribution in [0.4, 0.5) is 13.2 Å². The SMILES string of the molecule is COc1cccc(-c2cc(-c3ccc(C(F)(F)F)nc3)nc(C(=O)NN)n2)c1. The molecule has 0 aliphatic heterocycles. The number of amides is 1. The second-order valence-corrected chi connectivity index (χ2v) is 5.60. The summed E-state index contributed by atoms with van der Waals surface area (Å²) in [6, 6.07) is 10.5. The lowest BCUT2D eigenvalue weighted by molar-refractivity contribution is -0.141. The van der Waals surface area contributed by atoms with E-state index in [0.29, 0.717) is 17.0 Å². The van der Waals surface area contributed by atoms with Gasteiger partial charge in [-0.1, -0.05) is 12.1 Å². The number of rotatable bonds is 4. The molecule has 7 nitrogen and oxygen atoms in total. The number of benzene rings is 1. The lowest BCUT2D eigenvalue weighted by Gasteiger charge is -2.10. The van der Waals surface area contributed by atoms with Gasteiger partial charge in [0.15, 0.2) is 0 Å². The Balaban J connectivity index is 2.11. The largest absolute Gasteiger partial charge is 0.497 e. The van der Waals surface area contributed by atoms with Crippen LogP contribution in [0.15, 0.2) is 48.7 Å². The number of nitrogens with two attached hydrogens (primary N) is 1. The summed E-state index contributed by atoms with van der Waals surface area (Å²) in [7, 11) is 1.51. The third-order valence-electron chi connectivity index (χ3n) is 3.78. The van der Waals surface area contributed by atoms with E-state index in [9.17, 15) is 18.0 Å². The summed E-state index contributed by atoms with van der Waals surface area (Å²) in [6.45, 7) is 0. The number of carbonyl (C=O) groups excluding carboxylic acids is 1. The molecule has 10 heteroatoms. The van der Waals surface area contributed by atoms with Gasteiger partial charge >= 0.3 is 12.1 Å². The van der Waals surface area contributed by atoms with Crippen LogP contribution in [0.25, 0.3) is 22.5 Å². The lowest BCUT2D eigenvalue weighted by Crippen LogP contribution is -2.31. The maximum atomic E-state index is 12.7. The molecule has 0 saturated carbocycles. The van der Waals surface area contributed by atoms with Crippen molar-refractivity contribution >= 4 is 5.91 Å². The zero-order valence-electron chi connectivity index (χ0n) is 14.5. The summed E-state index contributed by atoms with van der Waals surface area (Å²) in [4.78, 5) is 23.6. The molecule has 1 amide bonds. The van der Waals surface area contributed by atoms with Crippen LogP contribution >= 0.6 is 0 Å². The number of nitrogens with one attached hydrogen (secondary N) is 1. The van der Waals surface area contributed by atoms with E-state index in [1.165, 1.54) is 19.2 Å². The fraction of sp³-hybridized carbons (Fsp3) is 0.111. The van der Waals surface area contributed by atoms with Gasteiger partial charge in [-0.3, -0.25) is 15.2 Å². The second-order valence-electron chi connectivity index (χ2n) is 5.60. The van der Waals surface area contributed by atoms with Crippen molar-refractivity contribution in [2.24, 2.45) is 5.84 Å². The molecule has 0 bridgehead atoms. The number of aromatic nitrogens is 3. The summed E-state index contributed by atoms with van der Waals surface area (Å²) in [5.74, 6) is 4.74. The third-order valence-corrected chi connectivity index (χ3v) is 3.78. The number of hydrazine groups is 1. The highest BCUT2D eigenvalue weighted by Crippen LogP contribution is 2.30. The Morgan fingerprint density at radius 1 is 1.07 bits per heavy atom. The Morgan fingerprint density at radius 3 is 2.36 bits per heavy atom. The fourth-order valence-electron chi connectivity index (χ4n) is 2.40. The van der Waals surface area contributed by atoms with E-state index in [2.05, 4.69) is 15.0 Å². The Labute approximate surface area is 157 Å². The summed E-state index contributed by atoms with van der Waals surface area (Å²) in [6.07, 6.45) is -3.52. The molecule has 3 N–H and O–H groups in total. The van der Waals surface area contributed by atoms with Crippen molar-refractivity contribution < 1.29 is 22.7 Å². The summed E-state index contributed by atoms with van der Waals surface area (Å²) in [5, 5.41) is 0. The summed E-state index contributed by atoms with van der Waals surface area (Å²) < 4.78 is 43.4. The predicted molar refractivity (Wildman–Crippen MR) is 93.9 cm³/mol. The van der Waals surface area contributed by atoms with Gasteiger partial charge in [0, 0.05) is 17.3 Å². The van der Waals surface area contributed by atoms with E-state index in [4.69, 9.17) is 10.6 Å². The lowest BCUT2D eigenvalue weighted by atomic mass is 10.1. The van der Waals surface area contributed by atoms with Crippen LogP contribution in [0.5, 0.6) is 5.75 Å². The molecular formula is C18H14F3N5O2. The van der Waals surface area contributed by atoms with Crippen LogP contribution in [-0.2, 0) is 6.18 Å². The van der Waals surface area contributed by atoms with Gasteiger partial charge in [0.1, 0.15) is 11.4 Å². The van der Waals surface area contributed by atoms with Gasteiger partial charge in [-0.2, -0.15) is 13.2 Å². The minimum absolute atomic E-state index is 0.215. The van der Waals surface area contributed by atoms with Crippen molar-refractivity contribution in [2.45, 2.75) is 6.18 Å². The van der Waals surface area contributed by atoms with Crippen molar-refractivity contribution in [2.75, 3.05) is 7.11 Å². The maximum Gasteiger partial charge on any atom is 0.433 e. The number of nitrogen functional groups attached to an aromatic ring is 1. The monoisotopic (exact) mass is 389 g/mol. The third kappa shape index (κ3) is 4.07. The molecule has 0 unspecified atom stereocenters. The van der Waals surface area contributed by atoms with Crippen molar-refractivity contribution in [3.63, 3.8) is 0 Å². The first-order chi connectivity index (χ1) is 13.3. The van der Waals surface area contributed by atoms with Gasteiger partial charge in [-0.15, -0.1) is 0 Å². The number of hydrogen-bond acceptors (Lipinski definition) is 6. The number of alkyl halides is 3. The van der Waals surface area contributed by atoms with E-state index in [-0.39, 0.29) is 17.1 Å². The Morgan fingerprint density at radius 2 is 1.79 bits per heavy atom. The minimum Gasteiger partial charge on any atom is -0.497 e. The Hall–Kier alpha value is -3.53. The van der Waals surface area contributed by atoms with Crippen LogP contribution in [0.1, 0.15) is 16.3 Å². The van der Waals surface area contributed by atoms with Crippen LogP contribution in [0, 0.1) is 0 Å². The molecule has 28 heavy (non-hydrogen) atoms. The zero-order chi connectivity index (χ0) is 20.3. The molecule has 144 valence electrons. The van der Waals surface area contributed by atoms with Crippen LogP contribution in [0.2, 0.25) is 0 Å². The molecular weight excluding hydrogens is 375 g/mol. The number of halogens is 3. The molecule has 0 atom stereocenters. The van der Waals surface area contributed by atoms with Crippen molar-refractivity contribution in [3.05, 3.63) is 60.2 Å². The topological polar surface area (TPSA) is 103 Å². The molecule has 0 radical (unpaired) electrons. The number of ether oxygens (including phenoxy) is 1. The Bertz CT molecular complexity index is 1010. The smallest absolute Gasteiger partial charge is 0.433 e. The van der Waals surface area contributed by atoms with Gasteiger partial charge in [0.25, 0.3) is 0 Å². The first-order valence-electron chi connectivity index (χ1n) is 7.90. The molecule has 0 aliphatic carbocycles. The Kier molecular flexibility index (Phi) is 5.23. The molecule has 2 aromatic heterocycles. The molecule has 0 fully saturated rings. The normalized spacial score (nSPS) is 11.2. The molecule has 0 aliphatic rings. The molecule has 3 rings (SSSR count). The molecule has 3 aromatic rings. The van der Waals surface area contributed by atoms with E-state index in [1.54, 1.807) is 24.3 Å². The highest BCUT2D eigenvalue weighted by atomic mass is 19.4. The van der Waals surface area contributed by atoms with Crippen LogP contribution in [0.3, 0.4) is 0 Å². The van der Waals surface area contributed by atoms with E-state index in [1.807, 2.05) is 5.43 Å². The zero-order valence-corrected chi connectivity index (χ0v) is 14.5. The van der Waals surface area contributed by atoms with Crippen LogP contribution < -0.4 is 16.0 Å². The van der Waals surface area contributed by atoms with Crippen molar-refractivity contribution in [1.29, 1.82) is 0 Å². The van der Waals surface area contributed by atoms with Gasteiger partial charge < -0.3 is 4.74 Å². The standard InChI is InChI=1S/C18H14F3N5O2/c1-28-12-4-2-3-10(7-12)13-8-14(25-16(24-13)17(27)26-22)11-5-6-15(23-9-11)18(19,20)21/h2-9H,22H2,1H3,(H,26,27). The van der Waals surface area contributed by atoms with E-state index >= 15 is 0 Å². The van der Waals surface area contributed by atoms with Crippen molar-refractivity contribution in [3.8, 4) is 28.3 Å². The number of methoxy groups -OCH3 is 1. The average Bonchev–Trinajstić information content (AvgIpc) is 2.72. The van der Waals surface area contributed by atoms with E-state index < -0.39 is 17.8 Å². The highest BCUT2D eigenvalue weighted by Gasteiger charge is 2.32. The highest BCUT2D eigenvalue weighted by molar-refractivity contribution is 5.91. The summed E-state index contributed by atoms with van der Waals surface area (Å²) in [5.41, 5.74) is 2.39. The molecule has 0 saturated heterocycles. The van der Waals surface area contributed by atoms with Gasteiger partial charge in [-0.05, 0) is 30.3 Å². The van der Waals surface area contributed by atoms with Crippen molar-refractivity contribution in [1.82, 2.24) is 20.4 Å². The number of nitrogens with zero attached hydrogens (tertiary/aromatic N) is 3.